The van der Waals surface area contributed by atoms with Gasteiger partial charge in [-0.15, -0.1) is 0 Å². The Bertz CT molecular complexity index is 518. The first-order valence-electron chi connectivity index (χ1n) is 4.92. The first kappa shape index (κ1) is 11.0. The zero-order valence-electron chi connectivity index (χ0n) is 8.59. The van der Waals surface area contributed by atoms with Gasteiger partial charge in [0.15, 0.2) is 9.84 Å². The Hall–Kier alpha value is -1.54. The van der Waals surface area contributed by atoms with Crippen LogP contribution in [0.5, 0.6) is 5.75 Å². The van der Waals surface area contributed by atoms with Crippen molar-refractivity contribution in [2.45, 2.75) is 12.5 Å². The molecule has 1 saturated heterocycles. The van der Waals surface area contributed by atoms with E-state index in [0.717, 1.165) is 5.56 Å². The van der Waals surface area contributed by atoms with E-state index in [-0.39, 0.29) is 17.6 Å². The fourth-order valence-electron chi connectivity index (χ4n) is 1.60. The number of nitriles is 1. The average Bonchev–Trinajstić information content (AvgIpc) is 2.16. The zero-order valence-corrected chi connectivity index (χ0v) is 9.40. The summed E-state index contributed by atoms with van der Waals surface area (Å²) in [5.41, 5.74) is 0.877. The van der Waals surface area contributed by atoms with Gasteiger partial charge in [0.2, 0.25) is 0 Å². The van der Waals surface area contributed by atoms with E-state index in [9.17, 15) is 8.42 Å². The predicted molar refractivity (Wildman–Crippen MR) is 58.8 cm³/mol. The fourth-order valence-corrected chi connectivity index (χ4v) is 2.77. The molecule has 1 fully saturated rings. The molecular weight excluding hydrogens is 226 g/mol. The summed E-state index contributed by atoms with van der Waals surface area (Å²) in [6.45, 7) is 0. The number of benzene rings is 1. The lowest BCUT2D eigenvalue weighted by Gasteiger charge is -2.26. The van der Waals surface area contributed by atoms with Gasteiger partial charge >= 0.3 is 0 Å². The van der Waals surface area contributed by atoms with Gasteiger partial charge in [0.05, 0.1) is 24.0 Å². The molecule has 4 nitrogen and oxygen atoms in total. The summed E-state index contributed by atoms with van der Waals surface area (Å²) < 4.78 is 27.4. The molecule has 1 heterocycles. The second-order valence-corrected chi connectivity index (χ2v) is 5.95. The van der Waals surface area contributed by atoms with Crippen molar-refractivity contribution in [2.75, 3.05) is 11.5 Å². The number of hydrogen-bond acceptors (Lipinski definition) is 4. The molecule has 0 amide bonds. The smallest absolute Gasteiger partial charge is 0.157 e. The molecular formula is C11H11NO3S. The first-order chi connectivity index (χ1) is 7.59. The van der Waals surface area contributed by atoms with Crippen molar-refractivity contribution in [1.29, 1.82) is 5.26 Å². The van der Waals surface area contributed by atoms with Gasteiger partial charge < -0.3 is 4.74 Å². The molecule has 0 aliphatic carbocycles. The van der Waals surface area contributed by atoms with Crippen LogP contribution in [0.2, 0.25) is 0 Å². The van der Waals surface area contributed by atoms with Gasteiger partial charge in [-0.3, -0.25) is 0 Å². The van der Waals surface area contributed by atoms with Gasteiger partial charge in [0, 0.05) is 0 Å². The molecule has 84 valence electrons. The Morgan fingerprint density at radius 3 is 2.81 bits per heavy atom. The first-order valence-corrected chi connectivity index (χ1v) is 6.74. The van der Waals surface area contributed by atoms with E-state index in [2.05, 4.69) is 6.07 Å². The lowest BCUT2D eigenvalue weighted by molar-refractivity contribution is 0.230. The molecule has 0 unspecified atom stereocenters. The maximum Gasteiger partial charge on any atom is 0.157 e. The molecule has 1 aliphatic rings. The molecule has 0 aromatic heterocycles. The summed E-state index contributed by atoms with van der Waals surface area (Å²) in [7, 11) is -2.85. The highest BCUT2D eigenvalue weighted by atomic mass is 32.2. The van der Waals surface area contributed by atoms with Crippen molar-refractivity contribution < 1.29 is 13.2 Å². The van der Waals surface area contributed by atoms with Gasteiger partial charge in [0.1, 0.15) is 11.9 Å². The van der Waals surface area contributed by atoms with Crippen LogP contribution < -0.4 is 4.74 Å². The van der Waals surface area contributed by atoms with Crippen LogP contribution in [-0.4, -0.2) is 26.0 Å². The van der Waals surface area contributed by atoms with Crippen LogP contribution in [0.4, 0.5) is 0 Å². The van der Waals surface area contributed by atoms with Crippen LogP contribution in [0.1, 0.15) is 5.56 Å². The number of ether oxygens (including phenoxy) is 1. The number of sulfone groups is 1. The topological polar surface area (TPSA) is 67.2 Å². The highest BCUT2D eigenvalue weighted by Crippen LogP contribution is 2.20. The minimum absolute atomic E-state index is 0.0927. The van der Waals surface area contributed by atoms with Crippen LogP contribution in [-0.2, 0) is 16.3 Å². The Morgan fingerprint density at radius 2 is 2.19 bits per heavy atom. The molecule has 16 heavy (non-hydrogen) atoms. The quantitative estimate of drug-likeness (QED) is 0.784. The molecule has 0 atom stereocenters. The van der Waals surface area contributed by atoms with E-state index < -0.39 is 9.84 Å². The second-order valence-electron chi connectivity index (χ2n) is 3.80. The Morgan fingerprint density at radius 1 is 1.44 bits per heavy atom. The van der Waals surface area contributed by atoms with Crippen molar-refractivity contribution in [3.8, 4) is 11.8 Å². The third kappa shape index (κ3) is 2.52. The van der Waals surface area contributed by atoms with Crippen LogP contribution in [0.15, 0.2) is 24.3 Å². The average molecular weight is 237 g/mol. The van der Waals surface area contributed by atoms with E-state index in [1.165, 1.54) is 0 Å². The third-order valence-electron chi connectivity index (χ3n) is 2.36. The monoisotopic (exact) mass is 237 g/mol. The highest BCUT2D eigenvalue weighted by Gasteiger charge is 2.35. The van der Waals surface area contributed by atoms with Gasteiger partial charge in [-0.2, -0.15) is 5.26 Å². The van der Waals surface area contributed by atoms with E-state index in [1.54, 1.807) is 18.2 Å². The van der Waals surface area contributed by atoms with Gasteiger partial charge in [-0.25, -0.2) is 8.42 Å². The summed E-state index contributed by atoms with van der Waals surface area (Å²) in [6, 6.07) is 9.24. The third-order valence-corrected chi connectivity index (χ3v) is 4.12. The molecule has 1 aromatic rings. The molecule has 2 rings (SSSR count). The minimum atomic E-state index is -2.85. The van der Waals surface area contributed by atoms with E-state index in [1.807, 2.05) is 6.07 Å². The van der Waals surface area contributed by atoms with Crippen molar-refractivity contribution in [2.24, 2.45) is 0 Å². The Balaban J connectivity index is 2.00. The lowest BCUT2D eigenvalue weighted by atomic mass is 10.1. The highest BCUT2D eigenvalue weighted by molar-refractivity contribution is 7.92. The maximum absolute atomic E-state index is 10.9. The fraction of sp³-hybridized carbons (Fsp3) is 0.364. The largest absolute Gasteiger partial charge is 0.488 e. The van der Waals surface area contributed by atoms with E-state index >= 15 is 0 Å². The van der Waals surface area contributed by atoms with Crippen molar-refractivity contribution in [1.82, 2.24) is 0 Å². The Labute approximate surface area is 94.4 Å². The number of nitrogens with zero attached hydrogens (tertiary/aromatic N) is 1. The normalized spacial score (nSPS) is 18.4. The number of rotatable bonds is 3. The molecule has 0 saturated carbocycles. The van der Waals surface area contributed by atoms with E-state index in [0.29, 0.717) is 12.2 Å². The molecule has 1 aliphatic heterocycles. The van der Waals surface area contributed by atoms with Gasteiger partial charge in [-0.1, -0.05) is 12.1 Å². The Kier molecular flexibility index (Phi) is 2.84. The summed E-state index contributed by atoms with van der Waals surface area (Å²) in [5, 5.41) is 8.55. The van der Waals surface area contributed by atoms with Crippen molar-refractivity contribution >= 4 is 9.84 Å². The second kappa shape index (κ2) is 4.14. The lowest BCUT2D eigenvalue weighted by Crippen LogP contribution is -2.45. The number of hydrogen-bond donors (Lipinski definition) is 0. The molecule has 0 N–H and O–H groups in total. The summed E-state index contributed by atoms with van der Waals surface area (Å²) >= 11 is 0. The molecule has 1 aromatic carbocycles. The zero-order chi connectivity index (χ0) is 11.6. The summed E-state index contributed by atoms with van der Waals surface area (Å²) in [4.78, 5) is 0. The minimum Gasteiger partial charge on any atom is -0.488 e. The van der Waals surface area contributed by atoms with Crippen LogP contribution >= 0.6 is 0 Å². The van der Waals surface area contributed by atoms with Gasteiger partial charge in [-0.05, 0) is 17.7 Å². The predicted octanol–water partition coefficient (Wildman–Crippen LogP) is 0.928. The summed E-state index contributed by atoms with van der Waals surface area (Å²) in [6.07, 6.45) is 0.0995. The van der Waals surface area contributed by atoms with Crippen molar-refractivity contribution in [3.05, 3.63) is 29.8 Å². The molecule has 5 heteroatoms. The standard InChI is InChI=1S/C11H11NO3S/c12-5-4-9-2-1-3-10(6-9)15-11-7-16(13,14)8-11/h1-3,6,11H,4,7-8H2. The van der Waals surface area contributed by atoms with Gasteiger partial charge in [0.25, 0.3) is 0 Å². The molecule has 0 bridgehead atoms. The van der Waals surface area contributed by atoms with Crippen LogP contribution in [0, 0.1) is 11.3 Å². The molecule has 0 spiro atoms. The van der Waals surface area contributed by atoms with E-state index in [4.69, 9.17) is 10.00 Å². The maximum atomic E-state index is 10.9. The SMILES string of the molecule is N#CCc1cccc(OC2CS(=O)(=O)C2)c1. The summed E-state index contributed by atoms with van der Waals surface area (Å²) in [5.74, 6) is 0.818. The van der Waals surface area contributed by atoms with Crippen molar-refractivity contribution in [3.63, 3.8) is 0 Å². The van der Waals surface area contributed by atoms with Crippen LogP contribution in [0.25, 0.3) is 0 Å². The van der Waals surface area contributed by atoms with Crippen LogP contribution in [0.3, 0.4) is 0 Å². The molecule has 0 radical (unpaired) electrons.